The first-order chi connectivity index (χ1) is 16.2. The lowest BCUT2D eigenvalue weighted by molar-refractivity contribution is -0.141. The van der Waals surface area contributed by atoms with E-state index >= 15 is 0 Å². The molecule has 3 N–H and O–H groups in total. The van der Waals surface area contributed by atoms with Gasteiger partial charge in [-0.1, -0.05) is 11.3 Å². The van der Waals surface area contributed by atoms with Gasteiger partial charge in [0.25, 0.3) is 0 Å². The van der Waals surface area contributed by atoms with Gasteiger partial charge in [-0.05, 0) is 36.2 Å². The average molecular weight is 491 g/mol. The molecule has 0 unspecified atom stereocenters. The number of thiazole rings is 1. The molecule has 3 aromatic rings. The molecule has 1 fully saturated rings. The van der Waals surface area contributed by atoms with Gasteiger partial charge in [-0.25, -0.2) is 15.0 Å². The number of hydrogen-bond acceptors (Lipinski definition) is 8. The van der Waals surface area contributed by atoms with Crippen LogP contribution in [0.25, 0.3) is 10.4 Å². The maximum absolute atomic E-state index is 13.0. The Morgan fingerprint density at radius 2 is 2.00 bits per heavy atom. The van der Waals surface area contributed by atoms with Crippen LogP contribution in [0.4, 0.5) is 35.6 Å². The second-order valence-corrected chi connectivity index (χ2v) is 8.51. The normalized spacial score (nSPS) is 14.4. The monoisotopic (exact) mass is 491 g/mol. The highest BCUT2D eigenvalue weighted by Gasteiger charge is 2.32. The minimum atomic E-state index is -4.61. The fraction of sp³-hybridized carbons (Fsp3) is 0.286. The number of nitrogens with one attached hydrogen (secondary N) is 3. The van der Waals surface area contributed by atoms with Crippen LogP contribution in [0.5, 0.6) is 0 Å². The summed E-state index contributed by atoms with van der Waals surface area (Å²) in [6, 6.07) is 5.77. The van der Waals surface area contributed by atoms with Crippen molar-refractivity contribution < 1.29 is 22.8 Å². The van der Waals surface area contributed by atoms with Gasteiger partial charge in [0.1, 0.15) is 5.69 Å². The van der Waals surface area contributed by atoms with Gasteiger partial charge in [0.2, 0.25) is 17.8 Å². The highest BCUT2D eigenvalue weighted by Crippen LogP contribution is 2.35. The number of hydrogen-bond donors (Lipinski definition) is 3. The van der Waals surface area contributed by atoms with Crippen molar-refractivity contribution in [2.75, 3.05) is 35.2 Å². The molecule has 2 amide bonds. The quantitative estimate of drug-likeness (QED) is 0.500. The van der Waals surface area contributed by atoms with E-state index in [1.807, 2.05) is 4.90 Å². The Balaban J connectivity index is 1.65. The maximum atomic E-state index is 13.0. The van der Waals surface area contributed by atoms with Crippen LogP contribution in [0.1, 0.15) is 19.0 Å². The molecule has 2 aromatic heterocycles. The molecule has 0 atom stereocenters. The van der Waals surface area contributed by atoms with E-state index < -0.39 is 11.9 Å². The smallest absolute Gasteiger partial charge is 0.354 e. The van der Waals surface area contributed by atoms with Crippen LogP contribution in [-0.4, -0.2) is 46.4 Å². The third-order valence-electron chi connectivity index (χ3n) is 4.77. The van der Waals surface area contributed by atoms with E-state index in [2.05, 4.69) is 30.9 Å². The molecule has 3 heterocycles. The molecule has 0 aliphatic carbocycles. The Morgan fingerprint density at radius 1 is 1.21 bits per heavy atom. The number of nitrogens with zero attached hydrogens (tertiary/aromatic N) is 4. The Hall–Kier alpha value is -3.74. The topological polar surface area (TPSA) is 112 Å². The Morgan fingerprint density at radius 3 is 2.76 bits per heavy atom. The first kappa shape index (κ1) is 23.4. The number of carbonyl (C=O) groups is 2. The van der Waals surface area contributed by atoms with E-state index in [4.69, 9.17) is 0 Å². The summed E-state index contributed by atoms with van der Waals surface area (Å²) < 4.78 is 39.0. The molecule has 34 heavy (non-hydrogen) atoms. The van der Waals surface area contributed by atoms with E-state index in [1.54, 1.807) is 24.4 Å². The van der Waals surface area contributed by atoms with E-state index in [0.717, 1.165) is 23.6 Å². The predicted molar refractivity (Wildman–Crippen MR) is 122 cm³/mol. The number of benzene rings is 1. The summed E-state index contributed by atoms with van der Waals surface area (Å²) in [6.07, 6.45) is -1.14. The third-order valence-corrected chi connectivity index (χ3v) is 5.87. The SMILES string of the molecule is CC(=O)Nc1cc(Nc2nccc(C(F)(F)F)n2)cc(-c2cnc(N3CCCNC(=O)C3)s2)c1. The number of amides is 2. The fourth-order valence-corrected chi connectivity index (χ4v) is 4.27. The molecule has 0 radical (unpaired) electrons. The lowest BCUT2D eigenvalue weighted by Crippen LogP contribution is -2.32. The number of alkyl halides is 3. The first-order valence-corrected chi connectivity index (χ1v) is 11.1. The molecular formula is C21H20F3N7O2S. The lowest BCUT2D eigenvalue weighted by atomic mass is 10.1. The standard InChI is InChI=1S/C21H20F3N7O2S/c1-12(32)28-14-7-13(16-10-27-20(34-16)31-6-2-4-25-18(33)11-31)8-15(9-14)29-19-26-5-3-17(30-19)21(22,23)24/h3,5,7-10H,2,4,6,11H2,1H3,(H,25,33)(H,28,32)(H,26,29,30). The molecule has 9 nitrogen and oxygen atoms in total. The van der Waals surface area contributed by atoms with Crippen molar-refractivity contribution in [3.8, 4) is 10.4 Å². The second-order valence-electron chi connectivity index (χ2n) is 7.50. The predicted octanol–water partition coefficient (Wildman–Crippen LogP) is 3.65. The second kappa shape index (κ2) is 9.63. The minimum Gasteiger partial charge on any atom is -0.354 e. The Kier molecular flexibility index (Phi) is 6.63. The number of rotatable bonds is 5. The summed E-state index contributed by atoms with van der Waals surface area (Å²) in [7, 11) is 0. The largest absolute Gasteiger partial charge is 0.433 e. The molecule has 0 bridgehead atoms. The highest BCUT2D eigenvalue weighted by molar-refractivity contribution is 7.18. The van der Waals surface area contributed by atoms with Crippen molar-refractivity contribution >= 4 is 45.6 Å². The molecule has 4 rings (SSSR count). The van der Waals surface area contributed by atoms with Gasteiger partial charge in [-0.3, -0.25) is 9.59 Å². The van der Waals surface area contributed by atoms with Crippen molar-refractivity contribution in [2.24, 2.45) is 0 Å². The molecule has 1 saturated heterocycles. The molecule has 13 heteroatoms. The van der Waals surface area contributed by atoms with Gasteiger partial charge in [0.15, 0.2) is 5.13 Å². The van der Waals surface area contributed by atoms with Crippen molar-refractivity contribution in [1.29, 1.82) is 0 Å². The van der Waals surface area contributed by atoms with E-state index in [0.29, 0.717) is 35.2 Å². The van der Waals surface area contributed by atoms with Crippen LogP contribution in [0, 0.1) is 0 Å². The summed E-state index contributed by atoms with van der Waals surface area (Å²) in [5.74, 6) is -0.616. The summed E-state index contributed by atoms with van der Waals surface area (Å²) in [6.45, 7) is 2.85. The summed E-state index contributed by atoms with van der Waals surface area (Å²) in [5, 5.41) is 8.95. The maximum Gasteiger partial charge on any atom is 0.433 e. The van der Waals surface area contributed by atoms with Gasteiger partial charge in [0, 0.05) is 43.8 Å². The van der Waals surface area contributed by atoms with Gasteiger partial charge >= 0.3 is 6.18 Å². The van der Waals surface area contributed by atoms with Crippen LogP contribution < -0.4 is 20.9 Å². The molecule has 1 aliphatic heterocycles. The molecule has 0 spiro atoms. The van der Waals surface area contributed by atoms with Gasteiger partial charge in [0.05, 0.1) is 11.4 Å². The minimum absolute atomic E-state index is 0.0746. The number of carbonyl (C=O) groups excluding carboxylic acids is 2. The van der Waals surface area contributed by atoms with Gasteiger partial charge in [-0.2, -0.15) is 13.2 Å². The molecule has 1 aromatic carbocycles. The van der Waals surface area contributed by atoms with Crippen molar-refractivity contribution in [1.82, 2.24) is 20.3 Å². The van der Waals surface area contributed by atoms with Crippen molar-refractivity contribution in [3.05, 3.63) is 42.4 Å². The highest BCUT2D eigenvalue weighted by atomic mass is 32.1. The third kappa shape index (κ3) is 5.78. The van der Waals surface area contributed by atoms with E-state index in [-0.39, 0.29) is 24.3 Å². The van der Waals surface area contributed by atoms with E-state index in [1.165, 1.54) is 18.3 Å². The fourth-order valence-electron chi connectivity index (χ4n) is 3.34. The Bertz CT molecular complexity index is 1220. The van der Waals surface area contributed by atoms with Crippen molar-refractivity contribution in [3.63, 3.8) is 0 Å². The number of halogens is 3. The zero-order valence-electron chi connectivity index (χ0n) is 17.9. The summed E-state index contributed by atoms with van der Waals surface area (Å²) >= 11 is 1.37. The van der Waals surface area contributed by atoms with Crippen LogP contribution in [-0.2, 0) is 15.8 Å². The van der Waals surface area contributed by atoms with Crippen LogP contribution in [0.2, 0.25) is 0 Å². The zero-order valence-corrected chi connectivity index (χ0v) is 18.8. The number of anilines is 4. The molecular weight excluding hydrogens is 471 g/mol. The first-order valence-electron chi connectivity index (χ1n) is 10.3. The average Bonchev–Trinajstić information content (AvgIpc) is 3.15. The van der Waals surface area contributed by atoms with Crippen molar-refractivity contribution in [2.45, 2.75) is 19.5 Å². The molecule has 178 valence electrons. The van der Waals surface area contributed by atoms with Crippen LogP contribution >= 0.6 is 11.3 Å². The van der Waals surface area contributed by atoms with Gasteiger partial charge in [-0.15, -0.1) is 0 Å². The molecule has 0 saturated carbocycles. The molecule has 1 aliphatic rings. The van der Waals surface area contributed by atoms with Crippen LogP contribution in [0.15, 0.2) is 36.7 Å². The van der Waals surface area contributed by atoms with Gasteiger partial charge < -0.3 is 20.9 Å². The lowest BCUT2D eigenvalue weighted by Gasteiger charge is -2.17. The number of aromatic nitrogens is 3. The Labute approximate surface area is 196 Å². The van der Waals surface area contributed by atoms with E-state index in [9.17, 15) is 22.8 Å². The summed E-state index contributed by atoms with van der Waals surface area (Å²) in [4.78, 5) is 38.0. The van der Waals surface area contributed by atoms with Crippen LogP contribution in [0.3, 0.4) is 0 Å². The zero-order chi connectivity index (χ0) is 24.3. The summed E-state index contributed by atoms with van der Waals surface area (Å²) in [5.41, 5.74) is 0.411.